The lowest BCUT2D eigenvalue weighted by atomic mass is 9.99. The van der Waals surface area contributed by atoms with Gasteiger partial charge in [0, 0.05) is 17.7 Å². The molecule has 0 radical (unpaired) electrons. The lowest BCUT2D eigenvalue weighted by Gasteiger charge is -2.21. The first-order chi connectivity index (χ1) is 9.90. The Morgan fingerprint density at radius 3 is 2.62 bits per heavy atom. The molecule has 0 bridgehead atoms. The van der Waals surface area contributed by atoms with Crippen LogP contribution in [0.15, 0.2) is 24.3 Å². The number of nitrogens with zero attached hydrogens (tertiary/aromatic N) is 1. The quantitative estimate of drug-likeness (QED) is 0.491. The maximum absolute atomic E-state index is 12.1. The van der Waals surface area contributed by atoms with E-state index in [1.165, 1.54) is 31.4 Å². The van der Waals surface area contributed by atoms with E-state index in [9.17, 15) is 19.7 Å². The third-order valence-electron chi connectivity index (χ3n) is 3.27. The van der Waals surface area contributed by atoms with Gasteiger partial charge < -0.3 is 10.1 Å². The normalized spacial score (nSPS) is 13.1. The van der Waals surface area contributed by atoms with Crippen molar-refractivity contribution in [2.75, 3.05) is 7.11 Å². The third kappa shape index (κ3) is 4.27. The van der Waals surface area contributed by atoms with Crippen LogP contribution in [0.2, 0.25) is 0 Å². The zero-order valence-corrected chi connectivity index (χ0v) is 12.2. The van der Waals surface area contributed by atoms with E-state index in [1.54, 1.807) is 0 Å². The summed E-state index contributed by atoms with van der Waals surface area (Å²) in [5.41, 5.74) is -0.0535. The fourth-order valence-electron chi connectivity index (χ4n) is 1.78. The van der Waals surface area contributed by atoms with E-state index >= 15 is 0 Å². The third-order valence-corrected chi connectivity index (χ3v) is 3.27. The Morgan fingerprint density at radius 2 is 2.10 bits per heavy atom. The van der Waals surface area contributed by atoms with Crippen LogP contribution in [-0.4, -0.2) is 30.0 Å². The number of carbonyl (C=O) groups is 2. The van der Waals surface area contributed by atoms with E-state index in [1.807, 2.05) is 13.8 Å². The molecule has 2 atom stereocenters. The fraction of sp³-hybridized carbons (Fsp3) is 0.429. The second kappa shape index (κ2) is 7.37. The van der Waals surface area contributed by atoms with Gasteiger partial charge in [0.2, 0.25) is 0 Å². The van der Waals surface area contributed by atoms with E-state index in [0.29, 0.717) is 6.42 Å². The van der Waals surface area contributed by atoms with Gasteiger partial charge >= 0.3 is 5.97 Å². The van der Waals surface area contributed by atoms with Gasteiger partial charge in [-0.05, 0) is 12.0 Å². The van der Waals surface area contributed by atoms with Crippen LogP contribution in [-0.2, 0) is 9.53 Å². The van der Waals surface area contributed by atoms with Crippen molar-refractivity contribution in [2.24, 2.45) is 5.92 Å². The molecular formula is C14H18N2O5. The number of rotatable bonds is 6. The number of amides is 1. The summed E-state index contributed by atoms with van der Waals surface area (Å²) in [6.45, 7) is 3.70. The first-order valence-corrected chi connectivity index (χ1v) is 6.53. The van der Waals surface area contributed by atoms with Crippen LogP contribution in [0.25, 0.3) is 0 Å². The van der Waals surface area contributed by atoms with Crippen LogP contribution in [0.5, 0.6) is 0 Å². The second-order valence-corrected chi connectivity index (χ2v) is 4.67. The molecule has 1 rings (SSSR count). The summed E-state index contributed by atoms with van der Waals surface area (Å²) in [7, 11) is 1.25. The minimum absolute atomic E-state index is 0.111. The number of carbonyl (C=O) groups excluding carboxylic acids is 2. The van der Waals surface area contributed by atoms with Gasteiger partial charge in [-0.2, -0.15) is 0 Å². The van der Waals surface area contributed by atoms with Crippen LogP contribution in [0.3, 0.4) is 0 Å². The molecule has 1 aromatic carbocycles. The smallest absolute Gasteiger partial charge is 0.328 e. The molecule has 1 N–H and O–H groups in total. The SMILES string of the molecule is CC[C@H](C)[C@@H](NC(=O)c1cccc([N+](=O)[O-])c1)C(=O)OC. The Labute approximate surface area is 122 Å². The fourth-order valence-corrected chi connectivity index (χ4v) is 1.78. The van der Waals surface area contributed by atoms with Crippen molar-refractivity contribution in [2.45, 2.75) is 26.3 Å². The summed E-state index contributed by atoms with van der Waals surface area (Å²) in [6.07, 6.45) is 0.676. The molecule has 0 aliphatic carbocycles. The number of hydrogen-bond acceptors (Lipinski definition) is 5. The van der Waals surface area contributed by atoms with Crippen molar-refractivity contribution in [1.29, 1.82) is 0 Å². The predicted molar refractivity (Wildman–Crippen MR) is 75.8 cm³/mol. The van der Waals surface area contributed by atoms with Crippen LogP contribution in [0.4, 0.5) is 5.69 Å². The molecule has 0 aliphatic heterocycles. The van der Waals surface area contributed by atoms with Gasteiger partial charge in [-0.1, -0.05) is 26.3 Å². The van der Waals surface area contributed by atoms with Gasteiger partial charge in [-0.15, -0.1) is 0 Å². The summed E-state index contributed by atoms with van der Waals surface area (Å²) >= 11 is 0. The molecule has 0 saturated heterocycles. The van der Waals surface area contributed by atoms with Gasteiger partial charge in [0.1, 0.15) is 6.04 Å². The zero-order valence-electron chi connectivity index (χ0n) is 12.2. The molecule has 0 aliphatic rings. The number of non-ortho nitro benzene ring substituents is 1. The highest BCUT2D eigenvalue weighted by atomic mass is 16.6. The standard InChI is InChI=1S/C14H18N2O5/c1-4-9(2)12(14(18)21-3)15-13(17)10-6-5-7-11(8-10)16(19)20/h5-9,12H,4H2,1-3H3,(H,15,17)/t9-,12+/m0/s1. The van der Waals surface area contributed by atoms with Gasteiger partial charge in [0.25, 0.3) is 11.6 Å². The number of esters is 1. The lowest BCUT2D eigenvalue weighted by Crippen LogP contribution is -2.45. The van der Waals surface area contributed by atoms with E-state index in [0.717, 1.165) is 0 Å². The summed E-state index contributed by atoms with van der Waals surface area (Å²) in [4.78, 5) is 34.0. The first-order valence-electron chi connectivity index (χ1n) is 6.53. The van der Waals surface area contributed by atoms with Crippen LogP contribution < -0.4 is 5.32 Å². The Morgan fingerprint density at radius 1 is 1.43 bits per heavy atom. The molecule has 0 aromatic heterocycles. The summed E-state index contributed by atoms with van der Waals surface area (Å²) < 4.78 is 4.67. The molecule has 0 saturated carbocycles. The van der Waals surface area contributed by atoms with E-state index in [4.69, 9.17) is 0 Å². The van der Waals surface area contributed by atoms with Crippen LogP contribution in [0, 0.1) is 16.0 Å². The number of hydrogen-bond donors (Lipinski definition) is 1. The molecule has 21 heavy (non-hydrogen) atoms. The first kappa shape index (κ1) is 16.6. The van der Waals surface area contributed by atoms with Gasteiger partial charge in [-0.25, -0.2) is 4.79 Å². The zero-order chi connectivity index (χ0) is 16.0. The van der Waals surface area contributed by atoms with Crippen LogP contribution in [0.1, 0.15) is 30.6 Å². The molecule has 114 valence electrons. The van der Waals surface area contributed by atoms with Gasteiger partial charge in [-0.3, -0.25) is 14.9 Å². The Kier molecular flexibility index (Phi) is 5.83. The van der Waals surface area contributed by atoms with E-state index in [2.05, 4.69) is 10.1 Å². The number of nitro groups is 1. The number of ether oxygens (including phenoxy) is 1. The van der Waals surface area contributed by atoms with E-state index in [-0.39, 0.29) is 17.2 Å². The molecule has 0 spiro atoms. The maximum Gasteiger partial charge on any atom is 0.328 e. The highest BCUT2D eigenvalue weighted by molar-refractivity contribution is 5.97. The van der Waals surface area contributed by atoms with Crippen molar-refractivity contribution in [3.63, 3.8) is 0 Å². The summed E-state index contributed by atoms with van der Waals surface area (Å²) in [5.74, 6) is -1.20. The topological polar surface area (TPSA) is 98.5 Å². The van der Waals surface area contributed by atoms with Crippen molar-refractivity contribution in [3.05, 3.63) is 39.9 Å². The highest BCUT2D eigenvalue weighted by Crippen LogP contribution is 2.15. The molecule has 0 heterocycles. The molecule has 0 fully saturated rings. The number of nitrogens with one attached hydrogen (secondary N) is 1. The van der Waals surface area contributed by atoms with Gasteiger partial charge in [0.15, 0.2) is 0 Å². The summed E-state index contributed by atoms with van der Waals surface area (Å²) in [6, 6.07) is 4.55. The Balaban J connectivity index is 2.94. The second-order valence-electron chi connectivity index (χ2n) is 4.67. The van der Waals surface area contributed by atoms with Crippen molar-refractivity contribution in [3.8, 4) is 0 Å². The van der Waals surface area contributed by atoms with Crippen molar-refractivity contribution >= 4 is 17.6 Å². The molecular weight excluding hydrogens is 276 g/mol. The average molecular weight is 294 g/mol. The minimum Gasteiger partial charge on any atom is -0.467 e. The maximum atomic E-state index is 12.1. The van der Waals surface area contributed by atoms with Crippen molar-refractivity contribution in [1.82, 2.24) is 5.32 Å². The largest absolute Gasteiger partial charge is 0.467 e. The predicted octanol–water partition coefficient (Wildman–Crippen LogP) is 1.91. The number of methoxy groups -OCH3 is 1. The molecule has 1 amide bonds. The van der Waals surface area contributed by atoms with E-state index < -0.39 is 22.8 Å². The monoisotopic (exact) mass is 294 g/mol. The Hall–Kier alpha value is -2.44. The molecule has 1 aromatic rings. The van der Waals surface area contributed by atoms with Gasteiger partial charge in [0.05, 0.1) is 12.0 Å². The lowest BCUT2D eigenvalue weighted by molar-refractivity contribution is -0.384. The number of nitro benzene ring substituents is 1. The summed E-state index contributed by atoms with van der Waals surface area (Å²) in [5, 5.41) is 13.3. The van der Waals surface area contributed by atoms with Crippen molar-refractivity contribution < 1.29 is 19.2 Å². The molecule has 0 unspecified atom stereocenters. The average Bonchev–Trinajstić information content (AvgIpc) is 2.50. The Bertz CT molecular complexity index is 544. The number of benzene rings is 1. The molecule has 7 nitrogen and oxygen atoms in total. The highest BCUT2D eigenvalue weighted by Gasteiger charge is 2.27. The molecule has 7 heteroatoms. The minimum atomic E-state index is -0.785. The van der Waals surface area contributed by atoms with Crippen LogP contribution >= 0.6 is 0 Å².